The van der Waals surface area contributed by atoms with Crippen LogP contribution < -0.4 is 5.32 Å². The Morgan fingerprint density at radius 3 is 2.61 bits per heavy atom. The molecule has 98 valence electrons. The van der Waals surface area contributed by atoms with Crippen molar-refractivity contribution >= 4 is 5.82 Å². The maximum Gasteiger partial charge on any atom is 0.142 e. The number of likely N-dealkylation sites (N-methyl/N-ethyl adjacent to an activating group) is 1. The molecule has 1 aromatic rings. The van der Waals surface area contributed by atoms with Crippen molar-refractivity contribution in [2.75, 3.05) is 26.0 Å². The number of hydrogen-bond donors (Lipinski definition) is 1. The van der Waals surface area contributed by atoms with Crippen molar-refractivity contribution in [3.63, 3.8) is 0 Å². The first-order chi connectivity index (χ1) is 8.50. The summed E-state index contributed by atoms with van der Waals surface area (Å²) in [6, 6.07) is 2.23. The second-order valence-electron chi connectivity index (χ2n) is 5.37. The van der Waals surface area contributed by atoms with E-state index < -0.39 is 0 Å². The minimum atomic E-state index is 0.241. The highest BCUT2D eigenvalue weighted by molar-refractivity contribution is 5.55. The maximum atomic E-state index is 9.17. The van der Waals surface area contributed by atoms with E-state index in [9.17, 15) is 0 Å². The van der Waals surface area contributed by atoms with Gasteiger partial charge in [-0.15, -0.1) is 0 Å². The molecule has 1 fully saturated rings. The van der Waals surface area contributed by atoms with Crippen molar-refractivity contribution in [3.8, 4) is 6.07 Å². The predicted molar refractivity (Wildman–Crippen MR) is 71.4 cm³/mol. The van der Waals surface area contributed by atoms with E-state index in [0.29, 0.717) is 5.56 Å². The number of aryl methyl sites for hydroxylation is 2. The van der Waals surface area contributed by atoms with Crippen molar-refractivity contribution in [1.82, 2.24) is 14.7 Å². The molecule has 0 saturated heterocycles. The first-order valence-electron chi connectivity index (χ1n) is 6.35. The number of nitrogens with zero attached hydrogens (tertiary/aromatic N) is 4. The molecule has 0 amide bonds. The van der Waals surface area contributed by atoms with E-state index in [1.54, 1.807) is 4.68 Å². The predicted octanol–water partition coefficient (Wildman–Crippen LogP) is 1.50. The molecule has 0 radical (unpaired) electrons. The quantitative estimate of drug-likeness (QED) is 0.876. The molecule has 5 heteroatoms. The molecule has 0 unspecified atom stereocenters. The maximum absolute atomic E-state index is 9.17. The Hall–Kier alpha value is -1.54. The fourth-order valence-electron chi connectivity index (χ4n) is 2.61. The molecule has 0 bridgehead atoms. The summed E-state index contributed by atoms with van der Waals surface area (Å²) < 4.78 is 1.76. The highest BCUT2D eigenvalue weighted by Crippen LogP contribution is 2.36. The molecule has 0 atom stereocenters. The lowest BCUT2D eigenvalue weighted by Crippen LogP contribution is -2.54. The summed E-state index contributed by atoms with van der Waals surface area (Å²) in [4.78, 5) is 2.29. The van der Waals surface area contributed by atoms with Gasteiger partial charge < -0.3 is 10.2 Å². The van der Waals surface area contributed by atoms with Gasteiger partial charge in [0.15, 0.2) is 0 Å². The van der Waals surface area contributed by atoms with Crippen LogP contribution in [0.15, 0.2) is 0 Å². The highest BCUT2D eigenvalue weighted by Gasteiger charge is 2.39. The van der Waals surface area contributed by atoms with E-state index >= 15 is 0 Å². The zero-order valence-corrected chi connectivity index (χ0v) is 11.6. The van der Waals surface area contributed by atoms with Crippen LogP contribution in [0.4, 0.5) is 5.82 Å². The second-order valence-corrected chi connectivity index (χ2v) is 5.37. The first-order valence-corrected chi connectivity index (χ1v) is 6.35. The van der Waals surface area contributed by atoms with E-state index in [-0.39, 0.29) is 5.54 Å². The van der Waals surface area contributed by atoms with Gasteiger partial charge in [0.05, 0.1) is 5.69 Å². The third-order valence-corrected chi connectivity index (χ3v) is 4.15. The Labute approximate surface area is 108 Å². The summed E-state index contributed by atoms with van der Waals surface area (Å²) in [6.45, 7) is 2.74. The normalized spacial score (nSPS) is 17.3. The molecular weight excluding hydrogens is 226 g/mol. The van der Waals surface area contributed by atoms with Crippen LogP contribution >= 0.6 is 0 Å². The molecule has 5 nitrogen and oxygen atoms in total. The van der Waals surface area contributed by atoms with Gasteiger partial charge in [-0.05, 0) is 40.3 Å². The topological polar surface area (TPSA) is 56.9 Å². The molecule has 18 heavy (non-hydrogen) atoms. The highest BCUT2D eigenvalue weighted by atomic mass is 15.3. The Bertz CT molecular complexity index is 476. The SMILES string of the molecule is Cc1nn(C)c(NCC2(N(C)C)CCC2)c1C#N. The van der Waals surface area contributed by atoms with Crippen LogP contribution in [0.25, 0.3) is 0 Å². The molecule has 0 aliphatic heterocycles. The van der Waals surface area contributed by atoms with Gasteiger partial charge in [-0.3, -0.25) is 4.68 Å². The smallest absolute Gasteiger partial charge is 0.142 e. The zero-order valence-electron chi connectivity index (χ0n) is 11.6. The van der Waals surface area contributed by atoms with Crippen LogP contribution in [0, 0.1) is 18.3 Å². The van der Waals surface area contributed by atoms with E-state index in [0.717, 1.165) is 18.1 Å². The molecule has 0 spiro atoms. The van der Waals surface area contributed by atoms with Crippen molar-refractivity contribution in [2.24, 2.45) is 7.05 Å². The Morgan fingerprint density at radius 2 is 2.17 bits per heavy atom. The summed E-state index contributed by atoms with van der Waals surface area (Å²) >= 11 is 0. The number of nitrogens with one attached hydrogen (secondary N) is 1. The van der Waals surface area contributed by atoms with Crippen LogP contribution in [0.3, 0.4) is 0 Å². The van der Waals surface area contributed by atoms with Gasteiger partial charge in [-0.1, -0.05) is 0 Å². The third-order valence-electron chi connectivity index (χ3n) is 4.15. The van der Waals surface area contributed by atoms with Gasteiger partial charge in [0, 0.05) is 19.1 Å². The molecule has 1 saturated carbocycles. The lowest BCUT2D eigenvalue weighted by atomic mass is 9.75. The van der Waals surface area contributed by atoms with E-state index in [1.807, 2.05) is 14.0 Å². The van der Waals surface area contributed by atoms with E-state index in [4.69, 9.17) is 5.26 Å². The fraction of sp³-hybridized carbons (Fsp3) is 0.692. The van der Waals surface area contributed by atoms with Gasteiger partial charge in [-0.25, -0.2) is 0 Å². The Balaban J connectivity index is 2.14. The summed E-state index contributed by atoms with van der Waals surface area (Å²) in [6.07, 6.45) is 3.72. The first kappa shape index (κ1) is 12.9. The standard InChI is InChI=1S/C13H21N5/c1-10-11(8-14)12(18(4)16-10)15-9-13(17(2)3)6-5-7-13/h15H,5-7,9H2,1-4H3. The van der Waals surface area contributed by atoms with Gasteiger partial charge in [0.2, 0.25) is 0 Å². The van der Waals surface area contributed by atoms with Crippen molar-refractivity contribution < 1.29 is 0 Å². The molecular formula is C13H21N5. The molecule has 1 N–H and O–H groups in total. The molecule has 1 aliphatic carbocycles. The lowest BCUT2D eigenvalue weighted by molar-refractivity contribution is 0.0737. The number of aromatic nitrogens is 2. The van der Waals surface area contributed by atoms with Crippen molar-refractivity contribution in [1.29, 1.82) is 5.26 Å². The van der Waals surface area contributed by atoms with E-state index in [2.05, 4.69) is 35.5 Å². The minimum Gasteiger partial charge on any atom is -0.367 e. The third kappa shape index (κ3) is 1.97. The van der Waals surface area contributed by atoms with Crippen LogP contribution in [0.2, 0.25) is 0 Å². The number of hydrogen-bond acceptors (Lipinski definition) is 4. The average Bonchev–Trinajstić information content (AvgIpc) is 2.51. The average molecular weight is 247 g/mol. The van der Waals surface area contributed by atoms with Crippen molar-refractivity contribution in [2.45, 2.75) is 31.7 Å². The van der Waals surface area contributed by atoms with Crippen LogP contribution in [-0.4, -0.2) is 40.9 Å². The molecule has 2 rings (SSSR count). The zero-order chi connectivity index (χ0) is 13.3. The molecule has 1 aromatic heterocycles. The van der Waals surface area contributed by atoms with Gasteiger partial charge in [0.25, 0.3) is 0 Å². The second kappa shape index (κ2) is 4.62. The summed E-state index contributed by atoms with van der Waals surface area (Å²) in [5, 5.41) is 16.9. The minimum absolute atomic E-state index is 0.241. The van der Waals surface area contributed by atoms with E-state index in [1.165, 1.54) is 19.3 Å². The number of anilines is 1. The molecule has 0 aromatic carbocycles. The van der Waals surface area contributed by atoms with Gasteiger partial charge in [-0.2, -0.15) is 10.4 Å². The summed E-state index contributed by atoms with van der Waals surface area (Å²) in [5.41, 5.74) is 1.69. The lowest BCUT2D eigenvalue weighted by Gasteiger charge is -2.47. The molecule has 1 aliphatic rings. The number of rotatable bonds is 4. The monoisotopic (exact) mass is 247 g/mol. The van der Waals surface area contributed by atoms with Gasteiger partial charge in [0.1, 0.15) is 17.5 Å². The Morgan fingerprint density at radius 1 is 1.50 bits per heavy atom. The van der Waals surface area contributed by atoms with Crippen LogP contribution in [0.1, 0.15) is 30.5 Å². The Kier molecular flexibility index (Phi) is 3.31. The summed E-state index contributed by atoms with van der Waals surface area (Å²) in [7, 11) is 6.13. The van der Waals surface area contributed by atoms with Crippen LogP contribution in [0.5, 0.6) is 0 Å². The van der Waals surface area contributed by atoms with Gasteiger partial charge >= 0.3 is 0 Å². The van der Waals surface area contributed by atoms with Crippen LogP contribution in [-0.2, 0) is 7.05 Å². The van der Waals surface area contributed by atoms with Crippen molar-refractivity contribution in [3.05, 3.63) is 11.3 Å². The number of nitriles is 1. The molecule has 1 heterocycles. The largest absolute Gasteiger partial charge is 0.367 e. The summed E-state index contributed by atoms with van der Waals surface area (Å²) in [5.74, 6) is 0.836. The fourth-order valence-corrected chi connectivity index (χ4v) is 2.61.